The van der Waals surface area contributed by atoms with Crippen molar-refractivity contribution < 1.29 is 44.9 Å². The Kier molecular flexibility index (Phi) is 39.0. The van der Waals surface area contributed by atoms with Crippen molar-refractivity contribution in [2.45, 2.75) is 300 Å². The van der Waals surface area contributed by atoms with Crippen LogP contribution < -0.4 is 5.32 Å². The maximum absolute atomic E-state index is 13.0. The fourth-order valence-corrected chi connectivity index (χ4v) is 8.61. The summed E-state index contributed by atoms with van der Waals surface area (Å²) in [6.07, 6.45) is 35.5. The smallest absolute Gasteiger partial charge is 0.220 e. The van der Waals surface area contributed by atoms with E-state index in [-0.39, 0.29) is 18.9 Å². The molecule has 358 valence electrons. The maximum atomic E-state index is 13.0. The summed E-state index contributed by atoms with van der Waals surface area (Å²) in [7, 11) is 0. The van der Waals surface area contributed by atoms with Crippen LogP contribution in [0.5, 0.6) is 0 Å². The van der Waals surface area contributed by atoms with Crippen LogP contribution in [0.3, 0.4) is 0 Å². The first-order valence-electron chi connectivity index (χ1n) is 25.8. The van der Waals surface area contributed by atoms with Crippen molar-refractivity contribution in [2.75, 3.05) is 13.2 Å². The maximum Gasteiger partial charge on any atom is 0.220 e. The summed E-state index contributed by atoms with van der Waals surface area (Å²) in [6.45, 7) is 3.63. The van der Waals surface area contributed by atoms with Crippen LogP contribution in [-0.2, 0) is 14.3 Å². The molecule has 7 N–H and O–H groups in total. The van der Waals surface area contributed by atoms with Crippen LogP contribution >= 0.6 is 0 Å². The Labute approximate surface area is 368 Å². The highest BCUT2D eigenvalue weighted by atomic mass is 16.7. The van der Waals surface area contributed by atoms with Gasteiger partial charge in [-0.3, -0.25) is 4.79 Å². The van der Waals surface area contributed by atoms with E-state index in [1.807, 2.05) is 0 Å². The fraction of sp³-hybridized carbons (Fsp3) is 0.980. The van der Waals surface area contributed by atoms with Gasteiger partial charge in [0.05, 0.1) is 25.4 Å². The Morgan fingerprint density at radius 2 is 0.867 bits per heavy atom. The summed E-state index contributed by atoms with van der Waals surface area (Å²) in [5.41, 5.74) is 0. The molecule has 2 unspecified atom stereocenters. The Morgan fingerprint density at radius 1 is 0.517 bits per heavy atom. The van der Waals surface area contributed by atoms with Gasteiger partial charge in [0.15, 0.2) is 6.29 Å². The third kappa shape index (κ3) is 30.3. The average molecular weight is 858 g/mol. The highest BCUT2D eigenvalue weighted by Crippen LogP contribution is 2.23. The molecule has 60 heavy (non-hydrogen) atoms. The Morgan fingerprint density at radius 3 is 1.23 bits per heavy atom. The molecule has 1 aliphatic heterocycles. The lowest BCUT2D eigenvalue weighted by Gasteiger charge is -2.40. The first-order chi connectivity index (χ1) is 29.3. The topological polar surface area (TPSA) is 169 Å². The van der Waals surface area contributed by atoms with Crippen molar-refractivity contribution >= 4 is 5.91 Å². The summed E-state index contributed by atoms with van der Waals surface area (Å²) in [5, 5.41) is 65.3. The van der Waals surface area contributed by atoms with Crippen LogP contribution in [0.4, 0.5) is 0 Å². The second-order valence-electron chi connectivity index (χ2n) is 18.5. The second kappa shape index (κ2) is 40.9. The first kappa shape index (κ1) is 57.2. The molecule has 8 atom stereocenters. The summed E-state index contributed by atoms with van der Waals surface area (Å²) >= 11 is 0. The van der Waals surface area contributed by atoms with Crippen molar-refractivity contribution in [3.05, 3.63) is 0 Å². The van der Waals surface area contributed by atoms with Gasteiger partial charge in [-0.25, -0.2) is 0 Å². The van der Waals surface area contributed by atoms with Gasteiger partial charge < -0.3 is 45.4 Å². The molecule has 0 bridgehead atoms. The molecule has 0 saturated carbocycles. The van der Waals surface area contributed by atoms with Crippen LogP contribution in [0, 0.1) is 0 Å². The van der Waals surface area contributed by atoms with E-state index in [0.29, 0.717) is 6.42 Å². The van der Waals surface area contributed by atoms with Crippen LogP contribution in [-0.4, -0.2) is 98.7 Å². The van der Waals surface area contributed by atoms with Gasteiger partial charge >= 0.3 is 0 Å². The van der Waals surface area contributed by atoms with Gasteiger partial charge in [-0.15, -0.1) is 0 Å². The van der Waals surface area contributed by atoms with Gasteiger partial charge in [-0.2, -0.15) is 0 Å². The van der Waals surface area contributed by atoms with Gasteiger partial charge in [0.1, 0.15) is 30.5 Å². The average Bonchev–Trinajstić information content (AvgIpc) is 3.25. The van der Waals surface area contributed by atoms with Gasteiger partial charge in [0.25, 0.3) is 0 Å². The number of aliphatic hydroxyl groups excluding tert-OH is 6. The van der Waals surface area contributed by atoms with Gasteiger partial charge in [0.2, 0.25) is 5.91 Å². The summed E-state index contributed by atoms with van der Waals surface area (Å²) in [4.78, 5) is 13.0. The third-order valence-electron chi connectivity index (χ3n) is 12.8. The van der Waals surface area contributed by atoms with Crippen molar-refractivity contribution in [2.24, 2.45) is 0 Å². The molecule has 0 aromatic carbocycles. The number of nitrogens with one attached hydrogen (secondary N) is 1. The van der Waals surface area contributed by atoms with Crippen molar-refractivity contribution in [3.63, 3.8) is 0 Å². The lowest BCUT2D eigenvalue weighted by Crippen LogP contribution is -2.60. The molecule has 1 heterocycles. The number of amides is 1. The van der Waals surface area contributed by atoms with Gasteiger partial charge in [0, 0.05) is 6.42 Å². The largest absolute Gasteiger partial charge is 0.394 e. The van der Waals surface area contributed by atoms with E-state index in [4.69, 9.17) is 9.47 Å². The molecule has 0 aliphatic carbocycles. The fourth-order valence-electron chi connectivity index (χ4n) is 8.61. The zero-order chi connectivity index (χ0) is 43.9. The number of hydrogen-bond acceptors (Lipinski definition) is 9. The Balaban J connectivity index is 2.26. The predicted molar refractivity (Wildman–Crippen MR) is 246 cm³/mol. The molecular formula is C50H99NO9. The van der Waals surface area contributed by atoms with Crippen molar-refractivity contribution in [1.82, 2.24) is 5.32 Å². The minimum Gasteiger partial charge on any atom is -0.394 e. The lowest BCUT2D eigenvalue weighted by molar-refractivity contribution is -0.303. The minimum absolute atomic E-state index is 0.252. The molecule has 1 saturated heterocycles. The van der Waals surface area contributed by atoms with E-state index in [0.717, 1.165) is 38.5 Å². The molecular weight excluding hydrogens is 759 g/mol. The van der Waals surface area contributed by atoms with E-state index in [9.17, 15) is 35.4 Å². The SMILES string of the molecule is CCCCCCCCCCCCCCCCCCCCCCCCCC(=O)N[C@@H](CO[C@H]1OC(CO)[C@H](O)[C@H](O)C1O)[C@H](O)[C@H](O)CCCCCCCCCCCCCC. The van der Waals surface area contributed by atoms with Crippen LogP contribution in [0.25, 0.3) is 0 Å². The highest BCUT2D eigenvalue weighted by Gasteiger charge is 2.44. The minimum atomic E-state index is -1.60. The first-order valence-corrected chi connectivity index (χ1v) is 25.8. The van der Waals surface area contributed by atoms with E-state index < -0.39 is 55.6 Å². The number of unbranched alkanes of at least 4 members (excludes halogenated alkanes) is 33. The highest BCUT2D eigenvalue weighted by molar-refractivity contribution is 5.76. The number of carbonyl (C=O) groups is 1. The number of aliphatic hydroxyl groups is 6. The van der Waals surface area contributed by atoms with Crippen molar-refractivity contribution in [3.8, 4) is 0 Å². The number of carbonyl (C=O) groups excluding carboxylic acids is 1. The zero-order valence-corrected chi connectivity index (χ0v) is 39.1. The third-order valence-corrected chi connectivity index (χ3v) is 12.8. The van der Waals surface area contributed by atoms with E-state index in [1.165, 1.54) is 186 Å². The molecule has 1 amide bonds. The molecule has 0 aromatic heterocycles. The van der Waals surface area contributed by atoms with Crippen molar-refractivity contribution in [1.29, 1.82) is 0 Å². The standard InChI is InChI=1S/C50H99NO9/c1-3-5-7-9-11-13-15-17-18-19-20-21-22-23-24-25-26-27-29-31-33-35-37-39-45(54)51-42(41-59-50-49(58)48(57)47(56)44(40-52)60-50)46(55)43(53)38-36-34-32-30-28-16-14-12-10-8-6-4-2/h42-44,46-50,52-53,55-58H,3-41H2,1-2H3,(H,51,54)/t42-,43+,44?,46-,47-,48-,49?,50-/m0/s1. The summed E-state index contributed by atoms with van der Waals surface area (Å²) in [6, 6.07) is -0.985. The number of ether oxygens (including phenoxy) is 2. The second-order valence-corrected chi connectivity index (χ2v) is 18.5. The molecule has 10 heteroatoms. The predicted octanol–water partition coefficient (Wildman–Crippen LogP) is 10.5. The summed E-state index contributed by atoms with van der Waals surface area (Å²) in [5.74, 6) is -0.252. The van der Waals surface area contributed by atoms with Crippen LogP contribution in [0.2, 0.25) is 0 Å². The van der Waals surface area contributed by atoms with E-state index in [2.05, 4.69) is 19.2 Å². The quantitative estimate of drug-likeness (QED) is 0.0295. The molecule has 0 radical (unpaired) electrons. The normalized spacial score (nSPS) is 21.0. The van der Waals surface area contributed by atoms with E-state index in [1.54, 1.807) is 0 Å². The van der Waals surface area contributed by atoms with Crippen LogP contribution in [0.15, 0.2) is 0 Å². The summed E-state index contributed by atoms with van der Waals surface area (Å²) < 4.78 is 11.2. The Bertz CT molecular complexity index is 926. The number of rotatable bonds is 44. The van der Waals surface area contributed by atoms with Crippen LogP contribution in [0.1, 0.15) is 251 Å². The molecule has 0 spiro atoms. The monoisotopic (exact) mass is 858 g/mol. The molecule has 1 rings (SSSR count). The molecule has 1 aliphatic rings. The number of hydrogen-bond donors (Lipinski definition) is 7. The van der Waals surface area contributed by atoms with Gasteiger partial charge in [-0.1, -0.05) is 232 Å². The van der Waals surface area contributed by atoms with Gasteiger partial charge in [-0.05, 0) is 12.8 Å². The Hall–Kier alpha value is -0.850. The molecule has 10 nitrogen and oxygen atoms in total. The molecule has 0 aromatic rings. The van der Waals surface area contributed by atoms with E-state index >= 15 is 0 Å². The zero-order valence-electron chi connectivity index (χ0n) is 39.1. The molecule has 1 fully saturated rings. The lowest BCUT2D eigenvalue weighted by atomic mass is 9.98.